The topological polar surface area (TPSA) is 108 Å². The number of furan rings is 1. The molecule has 0 radical (unpaired) electrons. The summed E-state index contributed by atoms with van der Waals surface area (Å²) >= 11 is 0. The lowest BCUT2D eigenvalue weighted by molar-refractivity contribution is 0.466. The van der Waals surface area contributed by atoms with Gasteiger partial charge in [-0.25, -0.2) is 18.2 Å². The maximum absolute atomic E-state index is 14.6. The largest absolute Gasteiger partial charge is 0.440 e. The van der Waals surface area contributed by atoms with Gasteiger partial charge in [0, 0.05) is 30.9 Å². The molecule has 4 aromatic rings. The van der Waals surface area contributed by atoms with Gasteiger partial charge in [0.25, 0.3) is 0 Å². The van der Waals surface area contributed by atoms with Gasteiger partial charge < -0.3 is 15.1 Å². The maximum atomic E-state index is 14.6. The molecule has 0 atom stereocenters. The van der Waals surface area contributed by atoms with E-state index in [-0.39, 0.29) is 40.9 Å². The highest BCUT2D eigenvalue weighted by Gasteiger charge is 2.28. The Hall–Kier alpha value is -3.55. The molecule has 0 spiro atoms. The van der Waals surface area contributed by atoms with Crippen LogP contribution in [0, 0.1) is 35.7 Å². The molecule has 1 saturated heterocycles. The number of piperidine rings is 1. The Morgan fingerprint density at radius 3 is 2.53 bits per heavy atom. The molecule has 1 aliphatic rings. The summed E-state index contributed by atoms with van der Waals surface area (Å²) in [6, 6.07) is 7.08. The fraction of sp³-hybridized carbons (Fsp3) is 0.261. The molecular weight excluding hydrogens is 469 g/mol. The number of halogens is 4. The molecule has 0 aliphatic carbocycles. The van der Waals surface area contributed by atoms with E-state index in [0.717, 1.165) is 32.0 Å². The van der Waals surface area contributed by atoms with Crippen LogP contribution >= 0.6 is 12.4 Å². The van der Waals surface area contributed by atoms with Crippen molar-refractivity contribution in [3.8, 4) is 28.7 Å². The van der Waals surface area contributed by atoms with E-state index < -0.39 is 23.0 Å². The summed E-state index contributed by atoms with van der Waals surface area (Å²) in [5.74, 6) is -2.81. The summed E-state index contributed by atoms with van der Waals surface area (Å²) in [4.78, 5) is 6.26. The highest BCUT2D eigenvalue weighted by atomic mass is 35.5. The molecule has 3 N–H and O–H groups in total. The van der Waals surface area contributed by atoms with Gasteiger partial charge in [-0.2, -0.15) is 10.4 Å². The van der Waals surface area contributed by atoms with Crippen LogP contribution in [-0.2, 0) is 0 Å². The molecule has 1 aliphatic heterocycles. The first kappa shape index (κ1) is 23.6. The number of hydrogen-bond acceptors (Lipinski definition) is 6. The second kappa shape index (κ2) is 9.00. The minimum absolute atomic E-state index is 0. The highest BCUT2D eigenvalue weighted by molar-refractivity contribution is 5.99. The zero-order chi connectivity index (χ0) is 23.3. The van der Waals surface area contributed by atoms with Crippen molar-refractivity contribution in [2.45, 2.75) is 25.8 Å². The van der Waals surface area contributed by atoms with E-state index >= 15 is 0 Å². The molecular formula is C23H20ClF3N6O. The van der Waals surface area contributed by atoms with Crippen LogP contribution in [0.1, 0.15) is 24.1 Å². The molecule has 0 saturated carbocycles. The fourth-order valence-corrected chi connectivity index (χ4v) is 4.23. The molecule has 34 heavy (non-hydrogen) atoms. The van der Waals surface area contributed by atoms with Gasteiger partial charge in [-0.1, -0.05) is 0 Å². The fourth-order valence-electron chi connectivity index (χ4n) is 4.23. The summed E-state index contributed by atoms with van der Waals surface area (Å²) in [6.07, 6.45) is 1.64. The number of nitrogens with two attached hydrogens (primary N) is 1. The van der Waals surface area contributed by atoms with Crippen LogP contribution in [0.15, 0.2) is 28.7 Å². The Morgan fingerprint density at radius 2 is 1.82 bits per heavy atom. The maximum Gasteiger partial charge on any atom is 0.196 e. The lowest BCUT2D eigenvalue weighted by Crippen LogP contribution is -2.39. The van der Waals surface area contributed by atoms with Crippen molar-refractivity contribution in [3.05, 3.63) is 53.0 Å². The number of rotatable bonds is 3. The average molecular weight is 489 g/mol. The monoisotopic (exact) mass is 488 g/mol. The van der Waals surface area contributed by atoms with Gasteiger partial charge in [0.1, 0.15) is 17.6 Å². The summed E-state index contributed by atoms with van der Waals surface area (Å²) in [5.41, 5.74) is 5.77. The van der Waals surface area contributed by atoms with Gasteiger partial charge in [-0.3, -0.25) is 5.10 Å². The van der Waals surface area contributed by atoms with Crippen molar-refractivity contribution in [3.63, 3.8) is 0 Å². The number of anilines is 1. The molecule has 176 valence electrons. The minimum Gasteiger partial charge on any atom is -0.440 e. The lowest BCUT2D eigenvalue weighted by Gasteiger charge is -2.29. The number of fused-ring (bicyclic) bond motifs is 1. The third kappa shape index (κ3) is 3.77. The number of nitriles is 1. The zero-order valence-corrected chi connectivity index (χ0v) is 18.8. The predicted octanol–water partition coefficient (Wildman–Crippen LogP) is 4.83. The number of aryl methyl sites for hydroxylation is 1. The number of nitrogens with one attached hydrogen (secondary N) is 1. The van der Waals surface area contributed by atoms with E-state index in [4.69, 9.17) is 10.2 Å². The van der Waals surface area contributed by atoms with Gasteiger partial charge in [0.2, 0.25) is 0 Å². The van der Waals surface area contributed by atoms with Crippen LogP contribution in [0.25, 0.3) is 33.6 Å². The Kier molecular flexibility index (Phi) is 6.25. The third-order valence-electron chi connectivity index (χ3n) is 5.96. The average Bonchev–Trinajstić information content (AvgIpc) is 3.43. The van der Waals surface area contributed by atoms with Gasteiger partial charge in [-0.05, 0) is 38.0 Å². The van der Waals surface area contributed by atoms with Crippen molar-refractivity contribution in [2.75, 3.05) is 18.0 Å². The first-order chi connectivity index (χ1) is 15.9. The SMILES string of the molecule is Cc1[nH]nc2nc(-c3c(F)ccc(F)c3F)c(C#N)c(-c3ccc(N4CCC(N)CC4)o3)c12.Cl. The number of nitrogens with zero attached hydrogens (tertiary/aromatic N) is 4. The van der Waals surface area contributed by atoms with Crippen LogP contribution < -0.4 is 10.6 Å². The second-order valence-electron chi connectivity index (χ2n) is 8.05. The van der Waals surface area contributed by atoms with Gasteiger partial charge >= 0.3 is 0 Å². The van der Waals surface area contributed by atoms with Crippen LogP contribution in [-0.4, -0.2) is 34.3 Å². The number of H-pyrrole nitrogens is 1. The molecule has 7 nitrogen and oxygen atoms in total. The molecule has 11 heteroatoms. The highest BCUT2D eigenvalue weighted by Crippen LogP contribution is 2.41. The van der Waals surface area contributed by atoms with Crippen molar-refractivity contribution in [2.24, 2.45) is 5.73 Å². The van der Waals surface area contributed by atoms with Crippen LogP contribution in [0.2, 0.25) is 0 Å². The van der Waals surface area contributed by atoms with Crippen molar-refractivity contribution >= 4 is 29.3 Å². The van der Waals surface area contributed by atoms with E-state index in [1.165, 1.54) is 0 Å². The zero-order valence-electron chi connectivity index (χ0n) is 18.0. The second-order valence-corrected chi connectivity index (χ2v) is 8.05. The molecule has 1 fully saturated rings. The standard InChI is InChI=1S/C23H19F3N6O.ClH/c1-11-18-19(16-4-5-17(33-16)32-8-6-12(28)7-9-32)13(10-27)22(29-23(18)31-30-11)20-14(24)2-3-15(25)21(20)26;/h2-5,12H,6-9,28H2,1H3,(H,29,30,31);1H. The lowest BCUT2D eigenvalue weighted by atomic mass is 9.96. The minimum atomic E-state index is -1.43. The Morgan fingerprint density at radius 1 is 1.12 bits per heavy atom. The first-order valence-electron chi connectivity index (χ1n) is 10.4. The van der Waals surface area contributed by atoms with Gasteiger partial charge in [-0.15, -0.1) is 12.4 Å². The predicted molar refractivity (Wildman–Crippen MR) is 123 cm³/mol. The number of pyridine rings is 1. The third-order valence-corrected chi connectivity index (χ3v) is 5.96. The molecule has 5 rings (SSSR count). The smallest absolute Gasteiger partial charge is 0.196 e. The quantitative estimate of drug-likeness (QED) is 0.400. The molecule has 1 aromatic carbocycles. The van der Waals surface area contributed by atoms with Crippen LogP contribution in [0.4, 0.5) is 19.1 Å². The van der Waals surface area contributed by atoms with E-state index in [1.807, 2.05) is 11.0 Å². The number of aromatic nitrogens is 3. The van der Waals surface area contributed by atoms with Gasteiger partial charge in [0.15, 0.2) is 23.2 Å². The van der Waals surface area contributed by atoms with E-state index in [9.17, 15) is 18.4 Å². The number of aromatic amines is 1. The van der Waals surface area contributed by atoms with E-state index in [0.29, 0.717) is 28.8 Å². The summed E-state index contributed by atoms with van der Waals surface area (Å²) in [6.45, 7) is 3.18. The molecule has 3 aromatic heterocycles. The normalized spacial score (nSPS) is 14.3. The van der Waals surface area contributed by atoms with Crippen LogP contribution in [0.5, 0.6) is 0 Å². The van der Waals surface area contributed by atoms with Gasteiger partial charge in [0.05, 0.1) is 27.8 Å². The number of benzene rings is 1. The van der Waals surface area contributed by atoms with Crippen molar-refractivity contribution < 1.29 is 17.6 Å². The molecule has 0 unspecified atom stereocenters. The molecule has 0 bridgehead atoms. The summed E-state index contributed by atoms with van der Waals surface area (Å²) in [5, 5.41) is 17.4. The molecule has 4 heterocycles. The summed E-state index contributed by atoms with van der Waals surface area (Å²) in [7, 11) is 0. The summed E-state index contributed by atoms with van der Waals surface area (Å²) < 4.78 is 49.3. The van der Waals surface area contributed by atoms with E-state index in [2.05, 4.69) is 15.2 Å². The van der Waals surface area contributed by atoms with E-state index in [1.54, 1.807) is 19.1 Å². The van der Waals surface area contributed by atoms with Crippen molar-refractivity contribution in [1.29, 1.82) is 5.26 Å². The Balaban J connectivity index is 0.00000274. The first-order valence-corrected chi connectivity index (χ1v) is 10.4. The Bertz CT molecular complexity index is 1420. The molecule has 0 amide bonds. The van der Waals surface area contributed by atoms with Crippen LogP contribution in [0.3, 0.4) is 0 Å². The Labute approximate surface area is 198 Å². The van der Waals surface area contributed by atoms with Crippen molar-refractivity contribution in [1.82, 2.24) is 15.2 Å². The number of hydrogen-bond donors (Lipinski definition) is 2.